The van der Waals surface area contributed by atoms with E-state index in [1.54, 1.807) is 49.4 Å². The lowest BCUT2D eigenvalue weighted by Crippen LogP contribution is -2.27. The number of halogens is 1. The van der Waals surface area contributed by atoms with Gasteiger partial charge in [-0.2, -0.15) is 0 Å². The highest BCUT2D eigenvalue weighted by atomic mass is 35.5. The third-order valence-corrected chi connectivity index (χ3v) is 5.59. The van der Waals surface area contributed by atoms with Crippen LogP contribution >= 0.6 is 23.4 Å². The van der Waals surface area contributed by atoms with E-state index in [4.69, 9.17) is 16.0 Å². The van der Waals surface area contributed by atoms with Gasteiger partial charge in [-0.25, -0.2) is 4.90 Å². The Hall–Kier alpha value is -3.36. The first kappa shape index (κ1) is 19.9. The van der Waals surface area contributed by atoms with Gasteiger partial charge in [-0.15, -0.1) is 0 Å². The first-order valence-corrected chi connectivity index (χ1v) is 9.92. The minimum Gasteiger partial charge on any atom is -0.457 e. The Labute approximate surface area is 180 Å². The zero-order chi connectivity index (χ0) is 21.4. The molecule has 9 heteroatoms. The molecule has 1 fully saturated rings. The first-order chi connectivity index (χ1) is 14.3. The summed E-state index contributed by atoms with van der Waals surface area (Å²) in [6, 6.07) is 14.3. The molecule has 1 aliphatic heterocycles. The van der Waals surface area contributed by atoms with Crippen molar-refractivity contribution >= 4 is 52.0 Å². The molecule has 0 N–H and O–H groups in total. The van der Waals surface area contributed by atoms with Crippen LogP contribution in [-0.2, 0) is 4.79 Å². The Balaban J connectivity index is 1.60. The molecule has 2 amide bonds. The van der Waals surface area contributed by atoms with Crippen LogP contribution in [0.1, 0.15) is 11.3 Å². The van der Waals surface area contributed by atoms with E-state index in [9.17, 15) is 19.7 Å². The molecule has 0 aliphatic carbocycles. The first-order valence-electron chi connectivity index (χ1n) is 8.72. The number of amides is 2. The summed E-state index contributed by atoms with van der Waals surface area (Å²) >= 11 is 6.68. The average Bonchev–Trinajstić information content (AvgIpc) is 3.27. The maximum absolute atomic E-state index is 12.7. The molecular weight excluding hydrogens is 428 g/mol. The van der Waals surface area contributed by atoms with Crippen molar-refractivity contribution in [3.8, 4) is 11.3 Å². The summed E-state index contributed by atoms with van der Waals surface area (Å²) in [4.78, 5) is 36.8. The van der Waals surface area contributed by atoms with E-state index in [1.807, 2.05) is 0 Å². The molecule has 30 heavy (non-hydrogen) atoms. The van der Waals surface area contributed by atoms with Gasteiger partial charge in [0.15, 0.2) is 0 Å². The van der Waals surface area contributed by atoms with Crippen LogP contribution in [0.4, 0.5) is 16.2 Å². The van der Waals surface area contributed by atoms with Crippen LogP contribution < -0.4 is 4.90 Å². The van der Waals surface area contributed by atoms with Crippen molar-refractivity contribution < 1.29 is 18.9 Å². The van der Waals surface area contributed by atoms with Crippen LogP contribution in [0, 0.1) is 17.0 Å². The van der Waals surface area contributed by atoms with Gasteiger partial charge in [0.05, 0.1) is 15.5 Å². The van der Waals surface area contributed by atoms with Crippen LogP contribution in [-0.4, -0.2) is 16.1 Å². The Morgan fingerprint density at radius 1 is 1.10 bits per heavy atom. The third-order valence-electron chi connectivity index (χ3n) is 4.46. The molecule has 1 aliphatic rings. The number of non-ortho nitro benzene ring substituents is 1. The van der Waals surface area contributed by atoms with Gasteiger partial charge in [0.2, 0.25) is 0 Å². The fourth-order valence-corrected chi connectivity index (χ4v) is 3.97. The normalized spacial score (nSPS) is 15.3. The zero-order valence-electron chi connectivity index (χ0n) is 15.5. The molecule has 2 heterocycles. The third kappa shape index (κ3) is 3.74. The molecule has 150 valence electrons. The Kier molecular flexibility index (Phi) is 5.19. The number of nitro groups is 1. The number of rotatable bonds is 4. The molecule has 0 radical (unpaired) electrons. The van der Waals surface area contributed by atoms with Crippen molar-refractivity contribution in [2.24, 2.45) is 0 Å². The van der Waals surface area contributed by atoms with Gasteiger partial charge in [0.25, 0.3) is 16.8 Å². The number of aryl methyl sites for hydroxylation is 1. The van der Waals surface area contributed by atoms with E-state index in [-0.39, 0.29) is 10.6 Å². The lowest BCUT2D eigenvalue weighted by Gasteiger charge is -2.11. The number of thioether (sulfide) groups is 1. The van der Waals surface area contributed by atoms with Crippen molar-refractivity contribution in [3.05, 3.63) is 86.0 Å². The second-order valence-electron chi connectivity index (χ2n) is 6.45. The number of imide groups is 1. The van der Waals surface area contributed by atoms with Crippen LogP contribution in [0.15, 0.2) is 63.9 Å². The maximum Gasteiger partial charge on any atom is 0.298 e. The number of furan rings is 1. The molecule has 2 aromatic carbocycles. The highest BCUT2D eigenvalue weighted by Crippen LogP contribution is 2.37. The van der Waals surface area contributed by atoms with Gasteiger partial charge < -0.3 is 4.42 Å². The summed E-state index contributed by atoms with van der Waals surface area (Å²) < 4.78 is 5.79. The minimum atomic E-state index is -0.457. The van der Waals surface area contributed by atoms with E-state index in [1.165, 1.54) is 18.2 Å². The van der Waals surface area contributed by atoms with Crippen LogP contribution in [0.2, 0.25) is 5.02 Å². The molecule has 1 aromatic heterocycles. The lowest BCUT2D eigenvalue weighted by molar-refractivity contribution is -0.384. The summed E-state index contributed by atoms with van der Waals surface area (Å²) in [5.41, 5.74) is 1.83. The van der Waals surface area contributed by atoms with E-state index in [0.29, 0.717) is 33.4 Å². The fraction of sp³-hybridized carbons (Fsp3) is 0.0476. The molecule has 1 saturated heterocycles. The monoisotopic (exact) mass is 440 g/mol. The zero-order valence-corrected chi connectivity index (χ0v) is 17.1. The van der Waals surface area contributed by atoms with E-state index >= 15 is 0 Å². The van der Waals surface area contributed by atoms with E-state index in [0.717, 1.165) is 16.7 Å². The number of hydrogen-bond acceptors (Lipinski definition) is 6. The highest BCUT2D eigenvalue weighted by molar-refractivity contribution is 8.19. The Morgan fingerprint density at radius 3 is 2.50 bits per heavy atom. The number of nitro benzene ring substituents is 1. The predicted molar refractivity (Wildman–Crippen MR) is 115 cm³/mol. The van der Waals surface area contributed by atoms with E-state index in [2.05, 4.69) is 0 Å². The quantitative estimate of drug-likeness (QED) is 0.278. The molecule has 7 nitrogen and oxygen atoms in total. The average molecular weight is 441 g/mol. The highest BCUT2D eigenvalue weighted by Gasteiger charge is 2.36. The lowest BCUT2D eigenvalue weighted by atomic mass is 10.1. The summed E-state index contributed by atoms with van der Waals surface area (Å²) in [6.07, 6.45) is 1.51. The van der Waals surface area contributed by atoms with Crippen molar-refractivity contribution in [3.63, 3.8) is 0 Å². The van der Waals surface area contributed by atoms with Crippen LogP contribution in [0.25, 0.3) is 17.4 Å². The van der Waals surface area contributed by atoms with Gasteiger partial charge >= 0.3 is 0 Å². The topological polar surface area (TPSA) is 93.7 Å². The fourth-order valence-electron chi connectivity index (χ4n) is 3.02. The molecule has 0 bridgehead atoms. The van der Waals surface area contributed by atoms with Gasteiger partial charge in [-0.3, -0.25) is 19.7 Å². The van der Waals surface area contributed by atoms with Gasteiger partial charge in [-0.1, -0.05) is 11.6 Å². The molecule has 0 spiro atoms. The van der Waals surface area contributed by atoms with Crippen LogP contribution in [0.5, 0.6) is 0 Å². The second kappa shape index (κ2) is 7.81. The predicted octanol–water partition coefficient (Wildman–Crippen LogP) is 6.06. The van der Waals surface area contributed by atoms with Crippen molar-refractivity contribution in [1.82, 2.24) is 0 Å². The van der Waals surface area contributed by atoms with Gasteiger partial charge in [0.1, 0.15) is 11.5 Å². The summed E-state index contributed by atoms with van der Waals surface area (Å²) in [5, 5.41) is 11.0. The molecule has 4 rings (SSSR count). The van der Waals surface area contributed by atoms with Crippen molar-refractivity contribution in [2.75, 3.05) is 4.90 Å². The second-order valence-corrected chi connectivity index (χ2v) is 7.88. The number of anilines is 1. The minimum absolute atomic E-state index is 0.00102. The Morgan fingerprint density at radius 2 is 1.83 bits per heavy atom. The van der Waals surface area contributed by atoms with Crippen molar-refractivity contribution in [2.45, 2.75) is 6.92 Å². The largest absolute Gasteiger partial charge is 0.457 e. The number of carbonyl (C=O) groups is 2. The molecular formula is C21H13ClN2O5S. The number of hydrogen-bond donors (Lipinski definition) is 0. The Bertz CT molecular complexity index is 1220. The molecule has 0 unspecified atom stereocenters. The number of benzene rings is 2. The van der Waals surface area contributed by atoms with Crippen LogP contribution in [0.3, 0.4) is 0 Å². The summed E-state index contributed by atoms with van der Waals surface area (Å²) in [7, 11) is 0. The smallest absolute Gasteiger partial charge is 0.298 e. The van der Waals surface area contributed by atoms with Gasteiger partial charge in [0, 0.05) is 28.8 Å². The number of carbonyl (C=O) groups excluding carboxylic acids is 2. The summed E-state index contributed by atoms with van der Waals surface area (Å²) in [5.74, 6) is 0.451. The SMILES string of the molecule is Cc1cc([N+](=O)[O-])ccc1-c1ccc(/C=C2/SC(=O)N(c3ccc(Cl)cc3)C2=O)o1. The molecule has 0 saturated carbocycles. The maximum atomic E-state index is 12.7. The van der Waals surface area contributed by atoms with E-state index < -0.39 is 16.1 Å². The number of nitrogens with zero attached hydrogens (tertiary/aromatic N) is 2. The standard InChI is InChI=1S/C21H13ClN2O5S/c1-12-10-15(24(27)28)6-8-17(12)18-9-7-16(29-18)11-19-20(25)23(21(26)30-19)14-4-2-13(22)3-5-14/h2-11H,1H3/b19-11+. The molecule has 0 atom stereocenters. The summed E-state index contributed by atoms with van der Waals surface area (Å²) in [6.45, 7) is 1.75. The molecule has 3 aromatic rings. The van der Waals surface area contributed by atoms with Gasteiger partial charge in [-0.05, 0) is 66.7 Å². The van der Waals surface area contributed by atoms with Crippen molar-refractivity contribution in [1.29, 1.82) is 0 Å².